The first-order chi connectivity index (χ1) is 25.9. The van der Waals surface area contributed by atoms with Crippen LogP contribution in [0.25, 0.3) is 0 Å². The van der Waals surface area contributed by atoms with Gasteiger partial charge < -0.3 is 39.9 Å². The zero-order chi connectivity index (χ0) is 40.0. The average Bonchev–Trinajstić information content (AvgIpc) is 3.15. The minimum atomic E-state index is -5.11. The molecule has 54 heavy (non-hydrogen) atoms. The summed E-state index contributed by atoms with van der Waals surface area (Å²) in [6.45, 7) is 3.08. The molecule has 0 heterocycles. The summed E-state index contributed by atoms with van der Waals surface area (Å²) >= 11 is 0. The van der Waals surface area contributed by atoms with Crippen LogP contribution in [-0.4, -0.2) is 98.3 Å². The summed E-state index contributed by atoms with van der Waals surface area (Å²) < 4.78 is 33.3. The lowest BCUT2D eigenvalue weighted by Crippen LogP contribution is -2.64. The number of allylic oxidation sites excluding steroid dienone is 8. The van der Waals surface area contributed by atoms with Crippen LogP contribution >= 0.6 is 7.82 Å². The Morgan fingerprint density at radius 1 is 0.593 bits per heavy atom. The fourth-order valence-corrected chi connectivity index (χ4v) is 6.74. The zero-order valence-electron chi connectivity index (χ0n) is 32.5. The molecule has 0 saturated heterocycles. The molecule has 1 saturated carbocycles. The molecule has 1 rings (SSSR count). The van der Waals surface area contributed by atoms with Crippen LogP contribution in [0.1, 0.15) is 136 Å². The van der Waals surface area contributed by atoms with Gasteiger partial charge in [-0.1, -0.05) is 140 Å². The molecule has 1 aliphatic carbocycles. The maximum atomic E-state index is 12.7. The number of esters is 2. The van der Waals surface area contributed by atoms with Gasteiger partial charge in [0.15, 0.2) is 6.10 Å². The molecule has 0 aromatic heterocycles. The molecule has 0 aromatic carbocycles. The third kappa shape index (κ3) is 23.7. The zero-order valence-corrected chi connectivity index (χ0v) is 33.4. The van der Waals surface area contributed by atoms with Crippen LogP contribution in [0.2, 0.25) is 0 Å². The van der Waals surface area contributed by atoms with Gasteiger partial charge >= 0.3 is 19.8 Å². The molecule has 0 radical (unpaired) electrons. The maximum Gasteiger partial charge on any atom is 0.472 e. The van der Waals surface area contributed by atoms with E-state index in [9.17, 15) is 44.6 Å². The Hall–Kier alpha value is -2.19. The van der Waals surface area contributed by atoms with Crippen molar-refractivity contribution in [3.05, 3.63) is 48.6 Å². The second-order valence-corrected chi connectivity index (χ2v) is 15.3. The molecule has 0 aliphatic heterocycles. The molecule has 0 amide bonds. The van der Waals surface area contributed by atoms with Crippen molar-refractivity contribution < 1.29 is 63.1 Å². The number of carbonyl (C=O) groups excluding carboxylic acids is 2. The number of rotatable bonds is 31. The second-order valence-electron chi connectivity index (χ2n) is 13.9. The summed E-state index contributed by atoms with van der Waals surface area (Å²) in [5.41, 5.74) is 0. The number of ether oxygens (including phenoxy) is 2. The Morgan fingerprint density at radius 3 is 1.61 bits per heavy atom. The molecule has 0 spiro atoms. The monoisotopic (exact) mass is 788 g/mol. The third-order valence-electron chi connectivity index (χ3n) is 9.03. The molecule has 6 N–H and O–H groups in total. The Bertz CT molecular complexity index is 1140. The van der Waals surface area contributed by atoms with Gasteiger partial charge in [0, 0.05) is 12.8 Å². The Balaban J connectivity index is 2.54. The van der Waals surface area contributed by atoms with Crippen LogP contribution in [0.4, 0.5) is 0 Å². The number of phosphoric acid groups is 1. The SMILES string of the molecule is CC/C=C/C=C/C=C/C=C/CCCCCCCC(=O)OC[C@H](COP(=O)(O)OC1C(O)C(O)C(O)[C@@H](O)C1O)OC(=O)CCCCCCCCCCCC. The van der Waals surface area contributed by atoms with Crippen LogP contribution < -0.4 is 0 Å². The summed E-state index contributed by atoms with van der Waals surface area (Å²) in [4.78, 5) is 35.4. The lowest BCUT2D eigenvalue weighted by molar-refractivity contribution is -0.220. The van der Waals surface area contributed by atoms with E-state index in [0.29, 0.717) is 12.8 Å². The number of hydrogen-bond acceptors (Lipinski definition) is 12. The van der Waals surface area contributed by atoms with Gasteiger partial charge in [-0.15, -0.1) is 0 Å². The molecule has 0 bridgehead atoms. The number of phosphoric ester groups is 1. The fraction of sp³-hybridized carbons (Fsp3) is 0.750. The minimum absolute atomic E-state index is 0.0908. The molecule has 13 nitrogen and oxygen atoms in total. The minimum Gasteiger partial charge on any atom is -0.462 e. The number of carbonyl (C=O) groups is 2. The lowest BCUT2D eigenvalue weighted by Gasteiger charge is -2.41. The van der Waals surface area contributed by atoms with E-state index in [1.807, 2.05) is 36.5 Å². The Morgan fingerprint density at radius 2 is 1.06 bits per heavy atom. The molecule has 8 atom stereocenters. The van der Waals surface area contributed by atoms with Crippen LogP contribution in [0, 0.1) is 0 Å². The Kier molecular flexibility index (Phi) is 28.6. The van der Waals surface area contributed by atoms with Crippen molar-refractivity contribution in [1.82, 2.24) is 0 Å². The van der Waals surface area contributed by atoms with Crippen LogP contribution in [-0.2, 0) is 32.7 Å². The van der Waals surface area contributed by atoms with E-state index in [4.69, 9.17) is 18.5 Å². The molecular formula is C40H69O13P. The van der Waals surface area contributed by atoms with Gasteiger partial charge in [-0.25, -0.2) is 4.57 Å². The van der Waals surface area contributed by atoms with Crippen LogP contribution in [0.15, 0.2) is 48.6 Å². The van der Waals surface area contributed by atoms with E-state index in [0.717, 1.165) is 64.2 Å². The average molecular weight is 789 g/mol. The lowest BCUT2D eigenvalue weighted by atomic mass is 9.85. The molecular weight excluding hydrogens is 719 g/mol. The van der Waals surface area contributed by atoms with Crippen molar-refractivity contribution in [3.63, 3.8) is 0 Å². The van der Waals surface area contributed by atoms with Gasteiger partial charge in [-0.2, -0.15) is 0 Å². The third-order valence-corrected chi connectivity index (χ3v) is 10.0. The van der Waals surface area contributed by atoms with Crippen LogP contribution in [0.5, 0.6) is 0 Å². The van der Waals surface area contributed by atoms with Gasteiger partial charge in [0.05, 0.1) is 6.61 Å². The molecule has 14 heteroatoms. The van der Waals surface area contributed by atoms with Gasteiger partial charge in [-0.05, 0) is 32.1 Å². The largest absolute Gasteiger partial charge is 0.472 e. The highest BCUT2D eigenvalue weighted by Crippen LogP contribution is 2.47. The van der Waals surface area contributed by atoms with Crippen molar-refractivity contribution in [2.24, 2.45) is 0 Å². The second kappa shape index (κ2) is 31.0. The van der Waals surface area contributed by atoms with E-state index >= 15 is 0 Å². The van der Waals surface area contributed by atoms with Gasteiger partial charge in [-0.3, -0.25) is 18.6 Å². The van der Waals surface area contributed by atoms with Crippen LogP contribution in [0.3, 0.4) is 0 Å². The van der Waals surface area contributed by atoms with Crippen molar-refractivity contribution in [2.75, 3.05) is 13.2 Å². The molecule has 1 fully saturated rings. The van der Waals surface area contributed by atoms with E-state index in [2.05, 4.69) is 26.0 Å². The normalized spacial score (nSPS) is 23.8. The van der Waals surface area contributed by atoms with E-state index < -0.39 is 75.7 Å². The number of aliphatic hydroxyl groups excluding tert-OH is 5. The number of unbranched alkanes of at least 4 members (excludes halogenated alkanes) is 14. The van der Waals surface area contributed by atoms with Crippen molar-refractivity contribution in [1.29, 1.82) is 0 Å². The molecule has 1 aliphatic rings. The molecule has 6 unspecified atom stereocenters. The fourth-order valence-electron chi connectivity index (χ4n) is 5.77. The number of aliphatic hydroxyl groups is 5. The smallest absolute Gasteiger partial charge is 0.462 e. The predicted octanol–water partition coefficient (Wildman–Crippen LogP) is 6.44. The quantitative estimate of drug-likeness (QED) is 0.0194. The molecule has 0 aromatic rings. The first kappa shape index (κ1) is 49.8. The van der Waals surface area contributed by atoms with E-state index in [1.54, 1.807) is 0 Å². The highest BCUT2D eigenvalue weighted by atomic mass is 31.2. The summed E-state index contributed by atoms with van der Waals surface area (Å²) in [5, 5.41) is 49.9. The van der Waals surface area contributed by atoms with Gasteiger partial charge in [0.25, 0.3) is 0 Å². The molecule has 312 valence electrons. The van der Waals surface area contributed by atoms with E-state index in [-0.39, 0.29) is 12.8 Å². The highest BCUT2D eigenvalue weighted by Gasteiger charge is 2.51. The van der Waals surface area contributed by atoms with E-state index in [1.165, 1.54) is 32.1 Å². The highest BCUT2D eigenvalue weighted by molar-refractivity contribution is 7.47. The van der Waals surface area contributed by atoms with Gasteiger partial charge in [0.1, 0.15) is 43.2 Å². The Labute approximate surface area is 322 Å². The maximum absolute atomic E-state index is 12.7. The predicted molar refractivity (Wildman–Crippen MR) is 207 cm³/mol. The standard InChI is InChI=1S/C40H69O13P/c1-3-5-7-9-11-13-15-16-17-18-19-21-22-24-26-28-33(41)50-30-32(52-34(42)29-27-25-23-20-14-12-10-8-6-4-2)31-51-54(48,49)53-40-38(46)36(44)35(43)37(45)39(40)47/h5,7,9,11,13,15-17,32,35-40,43-47H,3-4,6,8,10,12,14,18-31H2,1-2H3,(H,48,49)/b7-5+,11-9+,15-13+,17-16+/t32-,35?,36-,37?,38?,39?,40?/m1/s1. The number of hydrogen-bond donors (Lipinski definition) is 6. The van der Waals surface area contributed by atoms with Crippen molar-refractivity contribution in [3.8, 4) is 0 Å². The summed E-state index contributed by atoms with van der Waals surface area (Å²) in [6.07, 6.45) is 20.4. The summed E-state index contributed by atoms with van der Waals surface area (Å²) in [6, 6.07) is 0. The van der Waals surface area contributed by atoms with Crippen molar-refractivity contribution in [2.45, 2.75) is 179 Å². The van der Waals surface area contributed by atoms with Gasteiger partial charge in [0.2, 0.25) is 0 Å². The van der Waals surface area contributed by atoms with Crippen molar-refractivity contribution >= 4 is 19.8 Å². The first-order valence-corrected chi connectivity index (χ1v) is 21.5. The first-order valence-electron chi connectivity index (χ1n) is 20.0. The summed E-state index contributed by atoms with van der Waals surface area (Å²) in [7, 11) is -5.11. The topological polar surface area (TPSA) is 210 Å². The summed E-state index contributed by atoms with van der Waals surface area (Å²) in [5.74, 6) is -1.13.